The Balaban J connectivity index is 3.02. The monoisotopic (exact) mass is 385 g/mol. The number of pyridine rings is 1. The van der Waals surface area contributed by atoms with Gasteiger partial charge < -0.3 is 0 Å². The summed E-state index contributed by atoms with van der Waals surface area (Å²) in [4.78, 5) is 3.32. The van der Waals surface area contributed by atoms with E-state index in [9.17, 15) is 22.0 Å². The summed E-state index contributed by atoms with van der Waals surface area (Å²) in [5, 5.41) is -0.451. The van der Waals surface area contributed by atoms with E-state index in [1.807, 2.05) is 0 Å². The van der Waals surface area contributed by atoms with Gasteiger partial charge in [0.05, 0.1) is 15.9 Å². The molecule has 0 bridgehead atoms. The molecule has 0 aromatic carbocycles. The number of alkyl halides is 6. The number of nitrogens with zero attached hydrogens (tertiary/aromatic N) is 1. The molecule has 0 spiro atoms. The van der Waals surface area contributed by atoms with Gasteiger partial charge >= 0.3 is 6.18 Å². The molecule has 0 fully saturated rings. The Morgan fingerprint density at radius 1 is 1.24 bits per heavy atom. The van der Waals surface area contributed by atoms with Crippen molar-refractivity contribution in [1.29, 1.82) is 0 Å². The average Bonchev–Trinajstić information content (AvgIpc) is 2.14. The van der Waals surface area contributed by atoms with Crippen LogP contribution in [-0.4, -0.2) is 15.6 Å². The molecule has 0 saturated heterocycles. The molecule has 96 valence electrons. The van der Waals surface area contributed by atoms with Crippen molar-refractivity contribution in [3.63, 3.8) is 0 Å². The highest BCUT2D eigenvalue weighted by Gasteiger charge is 2.35. The van der Waals surface area contributed by atoms with Crippen LogP contribution in [0.15, 0.2) is 12.3 Å². The zero-order valence-electron chi connectivity index (χ0n) is 8.16. The highest BCUT2D eigenvalue weighted by atomic mass is 127. The van der Waals surface area contributed by atoms with E-state index in [2.05, 4.69) is 4.98 Å². The summed E-state index contributed by atoms with van der Waals surface area (Å²) in [6.45, 7) is 0. The maximum absolute atomic E-state index is 13.2. The molecule has 1 aromatic heterocycles. The summed E-state index contributed by atoms with van der Waals surface area (Å²) >= 11 is 6.96. The Bertz CT molecular complexity index is 407. The number of hydrogen-bond acceptors (Lipinski definition) is 1. The molecule has 0 radical (unpaired) electrons. The van der Waals surface area contributed by atoms with Crippen molar-refractivity contribution in [3.05, 3.63) is 28.5 Å². The number of rotatable bonds is 3. The molecule has 1 rings (SSSR count). The zero-order chi connectivity index (χ0) is 13.3. The lowest BCUT2D eigenvalue weighted by Crippen LogP contribution is -2.18. The number of aromatic nitrogens is 1. The summed E-state index contributed by atoms with van der Waals surface area (Å²) in [7, 11) is 0. The molecule has 17 heavy (non-hydrogen) atoms. The minimum Gasteiger partial charge on any atom is -0.253 e. The van der Waals surface area contributed by atoms with Gasteiger partial charge in [0.25, 0.3) is 5.92 Å². The maximum Gasteiger partial charge on any atom is 0.393 e. The van der Waals surface area contributed by atoms with Crippen molar-refractivity contribution in [2.24, 2.45) is 0 Å². The molecular weight excluding hydrogens is 379 g/mol. The largest absolute Gasteiger partial charge is 0.393 e. The molecule has 0 aliphatic carbocycles. The number of halogens is 7. The summed E-state index contributed by atoms with van der Waals surface area (Å²) < 4.78 is 62.1. The summed E-state index contributed by atoms with van der Waals surface area (Å²) in [6, 6.07) is 0.873. The number of hydrogen-bond donors (Lipinski definition) is 0. The lowest BCUT2D eigenvalue weighted by atomic mass is 10.1. The van der Waals surface area contributed by atoms with E-state index in [0.29, 0.717) is 0 Å². The van der Waals surface area contributed by atoms with E-state index in [-0.39, 0.29) is 5.56 Å². The fraction of sp³-hybridized carbons (Fsp3) is 0.444. The van der Waals surface area contributed by atoms with Crippen LogP contribution in [0.25, 0.3) is 0 Å². The van der Waals surface area contributed by atoms with Crippen LogP contribution in [0.4, 0.5) is 22.0 Å². The Kier molecular flexibility index (Phi) is 4.56. The highest BCUT2D eigenvalue weighted by molar-refractivity contribution is 14.1. The quantitative estimate of drug-likeness (QED) is 0.428. The van der Waals surface area contributed by atoms with E-state index in [1.54, 1.807) is 0 Å². The van der Waals surface area contributed by atoms with Gasteiger partial charge in [0, 0.05) is 6.20 Å². The first-order valence-electron chi connectivity index (χ1n) is 4.31. The van der Waals surface area contributed by atoms with E-state index in [0.717, 1.165) is 12.3 Å². The normalized spacial score (nSPS) is 12.9. The summed E-state index contributed by atoms with van der Waals surface area (Å²) in [5.74, 6) is -3.24. The van der Waals surface area contributed by atoms with Gasteiger partial charge in [0.15, 0.2) is 0 Å². The first-order chi connectivity index (χ1) is 7.65. The Labute approximate surface area is 113 Å². The van der Waals surface area contributed by atoms with Gasteiger partial charge in [-0.1, -0.05) is 34.2 Å². The van der Waals surface area contributed by atoms with Crippen LogP contribution in [0.3, 0.4) is 0 Å². The van der Waals surface area contributed by atoms with Gasteiger partial charge in [0.2, 0.25) is 0 Å². The molecule has 0 amide bonds. The van der Waals surface area contributed by atoms with E-state index in [4.69, 9.17) is 11.6 Å². The molecule has 0 aliphatic heterocycles. The molecular formula is C9H6ClF5IN. The molecule has 0 atom stereocenters. The van der Waals surface area contributed by atoms with Crippen molar-refractivity contribution in [2.75, 3.05) is 4.43 Å². The standard InChI is InChI=1S/C9H6ClF5IN/c10-6-1-5(2-9(13,14)15)3-17-7(6)8(11,12)4-16/h1,3H,2,4H2. The van der Waals surface area contributed by atoms with Crippen molar-refractivity contribution < 1.29 is 22.0 Å². The van der Waals surface area contributed by atoms with Crippen LogP contribution in [-0.2, 0) is 12.3 Å². The van der Waals surface area contributed by atoms with Gasteiger partial charge in [-0.2, -0.15) is 22.0 Å². The van der Waals surface area contributed by atoms with Crippen molar-refractivity contribution in [2.45, 2.75) is 18.5 Å². The van der Waals surface area contributed by atoms with Crippen LogP contribution in [0.2, 0.25) is 5.02 Å². The second-order valence-electron chi connectivity index (χ2n) is 3.30. The van der Waals surface area contributed by atoms with E-state index < -0.39 is 33.7 Å². The molecule has 0 N–H and O–H groups in total. The van der Waals surface area contributed by atoms with E-state index >= 15 is 0 Å². The van der Waals surface area contributed by atoms with Crippen LogP contribution in [0.1, 0.15) is 11.3 Å². The Morgan fingerprint density at radius 2 is 1.82 bits per heavy atom. The second-order valence-corrected chi connectivity index (χ2v) is 4.47. The predicted molar refractivity (Wildman–Crippen MR) is 61.8 cm³/mol. The van der Waals surface area contributed by atoms with Crippen molar-refractivity contribution >= 4 is 34.2 Å². The Hall–Kier alpha value is -0.180. The van der Waals surface area contributed by atoms with Gasteiger partial charge in [-0.05, 0) is 11.6 Å². The zero-order valence-corrected chi connectivity index (χ0v) is 11.1. The third kappa shape index (κ3) is 4.20. The van der Waals surface area contributed by atoms with Gasteiger partial charge in [-0.15, -0.1) is 0 Å². The van der Waals surface area contributed by atoms with Crippen LogP contribution >= 0.6 is 34.2 Å². The van der Waals surface area contributed by atoms with Crippen LogP contribution in [0.5, 0.6) is 0 Å². The minimum atomic E-state index is -4.42. The molecule has 1 heterocycles. The Morgan fingerprint density at radius 3 is 2.24 bits per heavy atom. The SMILES string of the molecule is FC(F)(F)Cc1cnc(C(F)(F)CI)c(Cl)c1. The maximum atomic E-state index is 13.2. The van der Waals surface area contributed by atoms with Crippen LogP contribution < -0.4 is 0 Å². The van der Waals surface area contributed by atoms with Gasteiger partial charge in [0.1, 0.15) is 5.69 Å². The third-order valence-electron chi connectivity index (χ3n) is 1.82. The molecule has 0 unspecified atom stereocenters. The topological polar surface area (TPSA) is 12.9 Å². The summed E-state index contributed by atoms with van der Waals surface area (Å²) in [5.41, 5.74) is -0.935. The average molecular weight is 386 g/mol. The van der Waals surface area contributed by atoms with E-state index in [1.165, 1.54) is 22.6 Å². The van der Waals surface area contributed by atoms with Crippen molar-refractivity contribution in [3.8, 4) is 0 Å². The fourth-order valence-corrected chi connectivity index (χ4v) is 1.83. The minimum absolute atomic E-state index is 0.240. The predicted octanol–water partition coefficient (Wildman–Crippen LogP) is 4.37. The molecule has 1 aromatic rings. The van der Waals surface area contributed by atoms with Gasteiger partial charge in [-0.3, -0.25) is 4.98 Å². The summed E-state index contributed by atoms with van der Waals surface area (Å²) in [6.07, 6.45) is -4.89. The lowest BCUT2D eigenvalue weighted by Gasteiger charge is -2.15. The van der Waals surface area contributed by atoms with Gasteiger partial charge in [-0.25, -0.2) is 0 Å². The first kappa shape index (κ1) is 14.9. The molecule has 0 aliphatic rings. The third-order valence-corrected chi connectivity index (χ3v) is 3.06. The smallest absolute Gasteiger partial charge is 0.253 e. The molecule has 0 saturated carbocycles. The van der Waals surface area contributed by atoms with Crippen LogP contribution in [0, 0.1) is 0 Å². The highest BCUT2D eigenvalue weighted by Crippen LogP contribution is 2.34. The lowest BCUT2D eigenvalue weighted by molar-refractivity contribution is -0.127. The molecule has 8 heteroatoms. The fourth-order valence-electron chi connectivity index (χ4n) is 1.14. The molecule has 1 nitrogen and oxygen atoms in total. The first-order valence-corrected chi connectivity index (χ1v) is 6.21. The second kappa shape index (κ2) is 5.21. The van der Waals surface area contributed by atoms with Crippen molar-refractivity contribution in [1.82, 2.24) is 4.98 Å².